The number of hydrogen-bond donors (Lipinski definition) is 2. The molecule has 0 fully saturated rings. The maximum Gasteiger partial charge on any atom is 0.308 e. The van der Waals surface area contributed by atoms with Crippen molar-refractivity contribution in [3.63, 3.8) is 0 Å². The monoisotopic (exact) mass is 291 g/mol. The van der Waals surface area contributed by atoms with Crippen LogP contribution < -0.4 is 5.73 Å². The molecule has 20 heavy (non-hydrogen) atoms. The molecule has 2 rings (SSSR count). The second-order valence-corrected chi connectivity index (χ2v) is 4.54. The van der Waals surface area contributed by atoms with E-state index in [1.165, 1.54) is 0 Å². The summed E-state index contributed by atoms with van der Waals surface area (Å²) in [5.41, 5.74) is 8.71. The largest absolute Gasteiger partial charge is 0.481 e. The molecule has 2 aromatic carbocycles. The van der Waals surface area contributed by atoms with Gasteiger partial charge in [0.1, 0.15) is 0 Å². The van der Waals surface area contributed by atoms with Crippen LogP contribution in [0.25, 0.3) is 11.1 Å². The van der Waals surface area contributed by atoms with E-state index < -0.39 is 11.9 Å². The van der Waals surface area contributed by atoms with Crippen molar-refractivity contribution in [1.29, 1.82) is 0 Å². The maximum absolute atomic E-state index is 11.0. The smallest absolute Gasteiger partial charge is 0.308 e. The standard InChI is InChI=1S/C16H17NO2.ClH/c17-11-15(16(18)19)10-12-5-4-8-14(9-12)13-6-2-1-3-7-13;/h1-9,15H,10-11,17H2,(H,18,19);1H/t15-;/m1./s1. The summed E-state index contributed by atoms with van der Waals surface area (Å²) in [4.78, 5) is 11.0. The molecule has 0 amide bonds. The number of carboxylic acid groups (broad SMARTS) is 1. The van der Waals surface area contributed by atoms with Gasteiger partial charge < -0.3 is 10.8 Å². The third kappa shape index (κ3) is 4.08. The molecule has 3 N–H and O–H groups in total. The molecule has 0 bridgehead atoms. The van der Waals surface area contributed by atoms with Crippen LogP contribution in [0.15, 0.2) is 54.6 Å². The summed E-state index contributed by atoms with van der Waals surface area (Å²) in [6.07, 6.45) is 0.465. The molecule has 0 aromatic heterocycles. The van der Waals surface area contributed by atoms with Crippen LogP contribution in [0.3, 0.4) is 0 Å². The van der Waals surface area contributed by atoms with Gasteiger partial charge in [-0.3, -0.25) is 4.79 Å². The third-order valence-corrected chi connectivity index (χ3v) is 3.15. The minimum Gasteiger partial charge on any atom is -0.481 e. The molecule has 0 aliphatic carbocycles. The lowest BCUT2D eigenvalue weighted by atomic mass is 9.96. The van der Waals surface area contributed by atoms with Crippen molar-refractivity contribution >= 4 is 18.4 Å². The average molecular weight is 292 g/mol. The molecule has 0 saturated carbocycles. The first-order chi connectivity index (χ1) is 9.20. The highest BCUT2D eigenvalue weighted by Gasteiger charge is 2.15. The Morgan fingerprint density at radius 3 is 2.30 bits per heavy atom. The second-order valence-electron chi connectivity index (χ2n) is 4.54. The van der Waals surface area contributed by atoms with Gasteiger partial charge in [-0.2, -0.15) is 0 Å². The predicted molar refractivity (Wildman–Crippen MR) is 83.0 cm³/mol. The van der Waals surface area contributed by atoms with Gasteiger partial charge in [0, 0.05) is 6.54 Å². The van der Waals surface area contributed by atoms with E-state index in [1.54, 1.807) is 0 Å². The van der Waals surface area contributed by atoms with Crippen LogP contribution in [0.2, 0.25) is 0 Å². The zero-order valence-electron chi connectivity index (χ0n) is 11.0. The Hall–Kier alpha value is -1.84. The van der Waals surface area contributed by atoms with E-state index in [9.17, 15) is 4.79 Å². The Bertz CT molecular complexity index is 557. The van der Waals surface area contributed by atoms with Crippen molar-refractivity contribution in [1.82, 2.24) is 0 Å². The number of benzene rings is 2. The first kappa shape index (κ1) is 16.2. The number of nitrogens with two attached hydrogens (primary N) is 1. The molecule has 4 heteroatoms. The Morgan fingerprint density at radius 2 is 1.70 bits per heavy atom. The van der Waals surface area contributed by atoms with Gasteiger partial charge in [0.2, 0.25) is 0 Å². The van der Waals surface area contributed by atoms with Crippen LogP contribution in [0.5, 0.6) is 0 Å². The zero-order chi connectivity index (χ0) is 13.7. The Kier molecular flexibility index (Phi) is 6.22. The lowest BCUT2D eigenvalue weighted by Gasteiger charge is -2.10. The summed E-state index contributed by atoms with van der Waals surface area (Å²) >= 11 is 0. The first-order valence-electron chi connectivity index (χ1n) is 6.28. The first-order valence-corrected chi connectivity index (χ1v) is 6.28. The number of carboxylic acids is 1. The molecule has 0 aliphatic heterocycles. The molecule has 0 aliphatic rings. The van der Waals surface area contributed by atoms with Crippen molar-refractivity contribution in [3.8, 4) is 11.1 Å². The third-order valence-electron chi connectivity index (χ3n) is 3.15. The summed E-state index contributed by atoms with van der Waals surface area (Å²) in [6, 6.07) is 18.0. The summed E-state index contributed by atoms with van der Waals surface area (Å²) in [6.45, 7) is 0.158. The van der Waals surface area contributed by atoms with Crippen molar-refractivity contribution in [2.45, 2.75) is 6.42 Å². The minimum atomic E-state index is -0.840. The van der Waals surface area contributed by atoms with Gasteiger partial charge in [0.15, 0.2) is 0 Å². The topological polar surface area (TPSA) is 63.3 Å². The van der Waals surface area contributed by atoms with Crippen LogP contribution in [0.1, 0.15) is 5.56 Å². The fourth-order valence-corrected chi connectivity index (χ4v) is 2.06. The van der Waals surface area contributed by atoms with Crippen LogP contribution in [-0.4, -0.2) is 17.6 Å². The molecular formula is C16H18ClNO2. The Balaban J connectivity index is 0.00000200. The van der Waals surface area contributed by atoms with Crippen molar-refractivity contribution < 1.29 is 9.90 Å². The molecule has 1 atom stereocenters. The molecule has 2 aromatic rings. The number of halogens is 1. The Morgan fingerprint density at radius 1 is 1.05 bits per heavy atom. The molecule has 0 unspecified atom stereocenters. The van der Waals surface area contributed by atoms with Crippen LogP contribution in [-0.2, 0) is 11.2 Å². The predicted octanol–water partition coefficient (Wildman–Crippen LogP) is 2.98. The van der Waals surface area contributed by atoms with Crippen LogP contribution in [0, 0.1) is 5.92 Å². The molecular weight excluding hydrogens is 274 g/mol. The van der Waals surface area contributed by atoms with Crippen molar-refractivity contribution in [2.24, 2.45) is 11.7 Å². The Labute approximate surface area is 124 Å². The van der Waals surface area contributed by atoms with E-state index in [4.69, 9.17) is 10.8 Å². The molecule has 106 valence electrons. The summed E-state index contributed by atoms with van der Waals surface area (Å²) in [5, 5.41) is 9.04. The molecule has 0 spiro atoms. The maximum atomic E-state index is 11.0. The normalized spacial score (nSPS) is 11.4. The van der Waals surface area contributed by atoms with E-state index in [0.29, 0.717) is 6.42 Å². The number of carbonyl (C=O) groups is 1. The van der Waals surface area contributed by atoms with Crippen molar-refractivity contribution in [2.75, 3.05) is 6.54 Å². The fraction of sp³-hybridized carbons (Fsp3) is 0.188. The molecule has 0 heterocycles. The summed E-state index contributed by atoms with van der Waals surface area (Å²) in [7, 11) is 0. The van der Waals surface area contributed by atoms with Gasteiger partial charge in [-0.15, -0.1) is 12.4 Å². The van der Waals surface area contributed by atoms with Gasteiger partial charge in [-0.05, 0) is 23.1 Å². The van der Waals surface area contributed by atoms with Gasteiger partial charge in [-0.25, -0.2) is 0 Å². The molecule has 3 nitrogen and oxygen atoms in total. The number of hydrogen-bond acceptors (Lipinski definition) is 2. The SMILES string of the molecule is Cl.NC[C@@H](Cc1cccc(-c2ccccc2)c1)C(=O)O. The van der Waals surface area contributed by atoms with Gasteiger partial charge in [-0.1, -0.05) is 54.6 Å². The van der Waals surface area contributed by atoms with E-state index >= 15 is 0 Å². The highest BCUT2D eigenvalue weighted by atomic mass is 35.5. The van der Waals surface area contributed by atoms with Crippen LogP contribution in [0.4, 0.5) is 0 Å². The van der Waals surface area contributed by atoms with E-state index in [2.05, 4.69) is 0 Å². The van der Waals surface area contributed by atoms with E-state index in [1.807, 2.05) is 54.6 Å². The molecule has 0 saturated heterocycles. The minimum absolute atomic E-state index is 0. The zero-order valence-corrected chi connectivity index (χ0v) is 11.8. The average Bonchev–Trinajstić information content (AvgIpc) is 2.45. The van der Waals surface area contributed by atoms with E-state index in [-0.39, 0.29) is 19.0 Å². The lowest BCUT2D eigenvalue weighted by molar-refractivity contribution is -0.141. The second kappa shape index (κ2) is 7.68. The highest BCUT2D eigenvalue weighted by molar-refractivity contribution is 5.85. The van der Waals surface area contributed by atoms with Gasteiger partial charge >= 0.3 is 5.97 Å². The highest BCUT2D eigenvalue weighted by Crippen LogP contribution is 2.21. The summed E-state index contributed by atoms with van der Waals surface area (Å²) < 4.78 is 0. The summed E-state index contributed by atoms with van der Waals surface area (Å²) in [5.74, 6) is -1.36. The molecule has 0 radical (unpaired) electrons. The van der Waals surface area contributed by atoms with Crippen molar-refractivity contribution in [3.05, 3.63) is 60.2 Å². The number of rotatable bonds is 5. The fourth-order valence-electron chi connectivity index (χ4n) is 2.06. The van der Waals surface area contributed by atoms with Gasteiger partial charge in [0.05, 0.1) is 5.92 Å². The number of aliphatic carboxylic acids is 1. The van der Waals surface area contributed by atoms with Crippen LogP contribution >= 0.6 is 12.4 Å². The van der Waals surface area contributed by atoms with Gasteiger partial charge in [0.25, 0.3) is 0 Å². The lowest BCUT2D eigenvalue weighted by Crippen LogP contribution is -2.25. The van der Waals surface area contributed by atoms with E-state index in [0.717, 1.165) is 16.7 Å². The quantitative estimate of drug-likeness (QED) is 0.890.